The minimum Gasteiger partial charge on any atom is -0.275 e. The number of rotatable bonds is 1. The number of carbonyl (C=O) groups excluding carboxylic acids is 1. The molecule has 0 unspecified atom stereocenters. The number of halogens is 3. The third kappa shape index (κ3) is 1.66. The predicted octanol–water partition coefficient (Wildman–Crippen LogP) is 4.76. The van der Waals surface area contributed by atoms with Gasteiger partial charge >= 0.3 is 0 Å². The summed E-state index contributed by atoms with van der Waals surface area (Å²) in [4.78, 5) is 11.3. The van der Waals surface area contributed by atoms with E-state index < -0.39 is 5.24 Å². The average Bonchev–Trinajstić information content (AvgIpc) is 2.51. The number of hydrogen-bond donors (Lipinski definition) is 0. The largest absolute Gasteiger partial charge is 0.275 e. The van der Waals surface area contributed by atoms with Crippen LogP contribution in [0.4, 0.5) is 0 Å². The van der Waals surface area contributed by atoms with Crippen molar-refractivity contribution < 1.29 is 4.79 Å². The summed E-state index contributed by atoms with van der Waals surface area (Å²) < 4.78 is 2.91. The highest BCUT2D eigenvalue weighted by Gasteiger charge is 2.17. The summed E-state index contributed by atoms with van der Waals surface area (Å²) in [5.41, 5.74) is 0. The average molecular weight is 316 g/mol. The Kier molecular flexibility index (Phi) is 2.68. The molecule has 68 valence electrons. The van der Waals surface area contributed by atoms with Crippen molar-refractivity contribution in [1.82, 2.24) is 0 Å². The molecule has 0 atom stereocenters. The van der Waals surface area contributed by atoms with Crippen molar-refractivity contribution in [2.45, 2.75) is 0 Å². The molecule has 6 heteroatoms. The molecule has 0 amide bonds. The van der Waals surface area contributed by atoms with Gasteiger partial charge in [-0.25, -0.2) is 0 Å². The van der Waals surface area contributed by atoms with E-state index in [1.165, 1.54) is 22.7 Å². The summed E-state index contributed by atoms with van der Waals surface area (Å²) in [5.74, 6) is 0. The molecular formula is C7HBrCl2OS2. The molecule has 2 heterocycles. The molecule has 0 N–H and O–H groups in total. The summed E-state index contributed by atoms with van der Waals surface area (Å²) in [7, 11) is 0. The lowest BCUT2D eigenvalue weighted by Crippen LogP contribution is -1.81. The summed E-state index contributed by atoms with van der Waals surface area (Å²) in [6, 6.07) is 1.93. The van der Waals surface area contributed by atoms with Gasteiger partial charge in [0.25, 0.3) is 5.24 Å². The molecule has 2 rings (SSSR count). The summed E-state index contributed by atoms with van der Waals surface area (Å²) in [6.07, 6.45) is 0. The fourth-order valence-corrected chi connectivity index (χ4v) is 4.53. The molecule has 2 aromatic heterocycles. The number of hydrogen-bond acceptors (Lipinski definition) is 3. The van der Waals surface area contributed by atoms with Crippen molar-refractivity contribution in [3.8, 4) is 0 Å². The second-order valence-corrected chi connectivity index (χ2v) is 6.47. The third-order valence-corrected chi connectivity index (χ3v) is 5.28. The monoisotopic (exact) mass is 314 g/mol. The number of fused-ring (bicyclic) bond motifs is 1. The van der Waals surface area contributed by atoms with Crippen LogP contribution < -0.4 is 0 Å². The minimum atomic E-state index is -0.491. The van der Waals surface area contributed by atoms with E-state index in [1.807, 2.05) is 6.07 Å². The maximum atomic E-state index is 10.9. The summed E-state index contributed by atoms with van der Waals surface area (Å²) >= 11 is 17.5. The van der Waals surface area contributed by atoms with Gasteiger partial charge in [-0.15, -0.1) is 22.7 Å². The van der Waals surface area contributed by atoms with Crippen LogP contribution in [0, 0.1) is 0 Å². The van der Waals surface area contributed by atoms with E-state index in [4.69, 9.17) is 23.2 Å². The van der Waals surface area contributed by atoms with E-state index in [-0.39, 0.29) is 0 Å². The number of carbonyl (C=O) groups is 1. The van der Waals surface area contributed by atoms with Gasteiger partial charge in [0.2, 0.25) is 0 Å². The van der Waals surface area contributed by atoms with Gasteiger partial charge in [-0.1, -0.05) is 11.6 Å². The van der Waals surface area contributed by atoms with E-state index in [0.29, 0.717) is 9.90 Å². The highest BCUT2D eigenvalue weighted by atomic mass is 79.9. The summed E-state index contributed by atoms with van der Waals surface area (Å²) in [6.45, 7) is 0. The van der Waals surface area contributed by atoms with Crippen LogP contribution in [0.25, 0.3) is 9.40 Å². The first-order valence-corrected chi connectivity index (χ1v) is 6.35. The molecule has 0 bridgehead atoms. The first-order valence-electron chi connectivity index (χ1n) is 3.16. The Hall–Kier alpha value is 0.390. The Bertz CT molecular complexity index is 488. The highest BCUT2D eigenvalue weighted by molar-refractivity contribution is 9.11. The number of thiophene rings is 2. The van der Waals surface area contributed by atoms with Gasteiger partial charge < -0.3 is 0 Å². The van der Waals surface area contributed by atoms with Crippen LogP contribution in [0.15, 0.2) is 9.85 Å². The molecule has 0 radical (unpaired) electrons. The minimum absolute atomic E-state index is 0.428. The van der Waals surface area contributed by atoms with Crippen molar-refractivity contribution in [3.63, 3.8) is 0 Å². The molecule has 0 fully saturated rings. The van der Waals surface area contributed by atoms with Gasteiger partial charge in [0, 0.05) is 4.70 Å². The Balaban J connectivity index is 2.76. The maximum Gasteiger partial charge on any atom is 0.263 e. The Morgan fingerprint density at radius 1 is 1.46 bits per heavy atom. The zero-order valence-electron chi connectivity index (χ0n) is 5.94. The lowest BCUT2D eigenvalue weighted by Gasteiger charge is -1.85. The lowest BCUT2D eigenvalue weighted by atomic mass is 10.4. The van der Waals surface area contributed by atoms with E-state index in [0.717, 1.165) is 13.2 Å². The van der Waals surface area contributed by atoms with E-state index in [2.05, 4.69) is 15.9 Å². The normalized spacial score (nSPS) is 11.0. The maximum absolute atomic E-state index is 10.9. The van der Waals surface area contributed by atoms with Gasteiger partial charge in [-0.2, -0.15) is 0 Å². The van der Waals surface area contributed by atoms with Crippen LogP contribution in [-0.4, -0.2) is 5.24 Å². The smallest absolute Gasteiger partial charge is 0.263 e. The quantitative estimate of drug-likeness (QED) is 0.693. The fourth-order valence-electron chi connectivity index (χ4n) is 0.959. The Labute approximate surface area is 100 Å². The second-order valence-electron chi connectivity index (χ2n) is 2.26. The molecule has 0 aliphatic carbocycles. The molecule has 0 saturated heterocycles. The molecule has 0 aliphatic rings. The Morgan fingerprint density at radius 2 is 2.15 bits per heavy atom. The van der Waals surface area contributed by atoms with Crippen LogP contribution in [0.3, 0.4) is 0 Å². The fraction of sp³-hybridized carbons (Fsp3) is 0. The van der Waals surface area contributed by atoms with E-state index in [9.17, 15) is 4.79 Å². The molecule has 0 aliphatic heterocycles. The first-order chi connectivity index (χ1) is 6.09. The molecule has 0 spiro atoms. The molecule has 0 aromatic carbocycles. The van der Waals surface area contributed by atoms with Crippen molar-refractivity contribution in [2.75, 3.05) is 0 Å². The molecule has 1 nitrogen and oxygen atoms in total. The van der Waals surface area contributed by atoms with Crippen LogP contribution in [0.5, 0.6) is 0 Å². The van der Waals surface area contributed by atoms with Crippen LogP contribution in [0.1, 0.15) is 9.67 Å². The van der Waals surface area contributed by atoms with Crippen molar-refractivity contribution in [3.05, 3.63) is 19.8 Å². The van der Waals surface area contributed by atoms with Crippen LogP contribution >= 0.6 is 61.8 Å². The van der Waals surface area contributed by atoms with Crippen LogP contribution in [0.2, 0.25) is 5.02 Å². The SMILES string of the molecule is O=C(Cl)c1sc2cc(Br)sc2c1Cl. The van der Waals surface area contributed by atoms with Crippen molar-refractivity contribution in [1.29, 1.82) is 0 Å². The van der Waals surface area contributed by atoms with Gasteiger partial charge in [0.1, 0.15) is 4.88 Å². The van der Waals surface area contributed by atoms with Gasteiger partial charge in [0.15, 0.2) is 0 Å². The first kappa shape index (κ1) is 9.93. The molecular weight excluding hydrogens is 315 g/mol. The predicted molar refractivity (Wildman–Crippen MR) is 62.6 cm³/mol. The van der Waals surface area contributed by atoms with E-state index >= 15 is 0 Å². The zero-order valence-corrected chi connectivity index (χ0v) is 10.7. The van der Waals surface area contributed by atoms with Crippen molar-refractivity contribution >= 4 is 76.4 Å². The summed E-state index contributed by atoms with van der Waals surface area (Å²) in [5, 5.41) is -0.0229. The second kappa shape index (κ2) is 3.51. The lowest BCUT2D eigenvalue weighted by molar-refractivity contribution is 0.108. The zero-order chi connectivity index (χ0) is 9.59. The molecule has 0 saturated carbocycles. The van der Waals surface area contributed by atoms with Crippen molar-refractivity contribution in [2.24, 2.45) is 0 Å². The van der Waals surface area contributed by atoms with Crippen LogP contribution in [-0.2, 0) is 0 Å². The standard InChI is InChI=1S/C7HBrCl2OS2/c8-3-1-2-5(13-3)4(9)6(12-2)7(10)11/h1H. The molecule has 2 aromatic rings. The topological polar surface area (TPSA) is 17.1 Å². The molecule has 13 heavy (non-hydrogen) atoms. The van der Waals surface area contributed by atoms with Gasteiger partial charge in [-0.05, 0) is 33.6 Å². The van der Waals surface area contributed by atoms with Gasteiger partial charge in [-0.3, -0.25) is 4.79 Å². The Morgan fingerprint density at radius 3 is 2.69 bits per heavy atom. The third-order valence-electron chi connectivity index (χ3n) is 1.46. The van der Waals surface area contributed by atoms with Gasteiger partial charge in [0.05, 0.1) is 13.5 Å². The van der Waals surface area contributed by atoms with E-state index in [1.54, 1.807) is 0 Å². The highest BCUT2D eigenvalue weighted by Crippen LogP contribution is 2.42.